The zero-order chi connectivity index (χ0) is 21.8. The van der Waals surface area contributed by atoms with Gasteiger partial charge in [-0.1, -0.05) is 42.0 Å². The normalized spacial score (nSPS) is 17.9. The second kappa shape index (κ2) is 8.82. The van der Waals surface area contributed by atoms with Gasteiger partial charge in [-0.2, -0.15) is 0 Å². The third-order valence-electron chi connectivity index (χ3n) is 5.09. The molecule has 0 aliphatic carbocycles. The number of Topliss-reactive ketones (excluding diaryl/α,β-unsaturated/α-hetero) is 1. The minimum atomic E-state index is -0.979. The molecule has 0 aromatic heterocycles. The Morgan fingerprint density at radius 3 is 2.23 bits per heavy atom. The molecule has 3 rings (SSSR count). The Kier molecular flexibility index (Phi) is 6.20. The monoisotopic (exact) mass is 409 g/mol. The Hall–Kier alpha value is -3.61. The van der Waals surface area contributed by atoms with Crippen LogP contribution in [0.15, 0.2) is 54.1 Å². The van der Waals surface area contributed by atoms with E-state index in [-0.39, 0.29) is 30.7 Å². The van der Waals surface area contributed by atoms with Crippen LogP contribution in [0.4, 0.5) is 0 Å². The van der Waals surface area contributed by atoms with Crippen LogP contribution >= 0.6 is 0 Å². The number of aliphatic hydroxyl groups excluding tert-OH is 1. The van der Waals surface area contributed by atoms with Crippen molar-refractivity contribution in [3.05, 3.63) is 70.8 Å². The second-order valence-electron chi connectivity index (χ2n) is 7.13. The lowest BCUT2D eigenvalue weighted by molar-refractivity contribution is -0.140. The number of likely N-dealkylation sites (tertiary alicyclic amines) is 1. The van der Waals surface area contributed by atoms with Crippen molar-refractivity contribution in [3.8, 4) is 5.75 Å². The summed E-state index contributed by atoms with van der Waals surface area (Å²) in [5, 5.41) is 19.8. The fourth-order valence-corrected chi connectivity index (χ4v) is 3.51. The molecule has 0 saturated carbocycles. The minimum Gasteiger partial charge on any atom is -0.507 e. The number of carboxylic acids is 1. The average Bonchev–Trinajstić information content (AvgIpc) is 2.98. The van der Waals surface area contributed by atoms with Crippen molar-refractivity contribution in [2.45, 2.75) is 25.8 Å². The van der Waals surface area contributed by atoms with Gasteiger partial charge in [0.15, 0.2) is 0 Å². The molecule has 0 unspecified atom stereocenters. The Balaban J connectivity index is 2.08. The molecule has 0 spiro atoms. The van der Waals surface area contributed by atoms with E-state index in [9.17, 15) is 19.5 Å². The summed E-state index contributed by atoms with van der Waals surface area (Å²) in [5.41, 5.74) is 2.04. The van der Waals surface area contributed by atoms with E-state index in [2.05, 4.69) is 0 Å². The highest BCUT2D eigenvalue weighted by atomic mass is 16.5. The molecule has 1 heterocycles. The predicted molar refractivity (Wildman–Crippen MR) is 110 cm³/mol. The molecule has 2 aromatic rings. The molecule has 1 aliphatic heterocycles. The number of amides is 1. The molecule has 1 fully saturated rings. The summed E-state index contributed by atoms with van der Waals surface area (Å²) in [6.07, 6.45) is 0.0654. The van der Waals surface area contributed by atoms with E-state index >= 15 is 0 Å². The summed E-state index contributed by atoms with van der Waals surface area (Å²) in [7, 11) is 1.53. The number of aliphatic carboxylic acids is 1. The van der Waals surface area contributed by atoms with Gasteiger partial charge in [0.2, 0.25) is 0 Å². The topological polar surface area (TPSA) is 104 Å². The van der Waals surface area contributed by atoms with Gasteiger partial charge in [-0.05, 0) is 31.0 Å². The van der Waals surface area contributed by atoms with Crippen LogP contribution in [0.5, 0.6) is 5.75 Å². The van der Waals surface area contributed by atoms with Gasteiger partial charge in [0.1, 0.15) is 11.5 Å². The molecule has 0 bridgehead atoms. The summed E-state index contributed by atoms with van der Waals surface area (Å²) >= 11 is 0. The lowest BCUT2D eigenvalue weighted by Crippen LogP contribution is -2.31. The molecule has 156 valence electrons. The molecule has 1 saturated heterocycles. The van der Waals surface area contributed by atoms with Gasteiger partial charge in [0.05, 0.1) is 18.7 Å². The quantitative estimate of drug-likeness (QED) is 0.413. The number of nitrogens with zero attached hydrogens (tertiary/aromatic N) is 1. The van der Waals surface area contributed by atoms with Crippen LogP contribution in [0.25, 0.3) is 5.76 Å². The van der Waals surface area contributed by atoms with Crippen molar-refractivity contribution >= 4 is 23.4 Å². The van der Waals surface area contributed by atoms with Crippen LogP contribution in [0, 0.1) is 6.92 Å². The molecule has 2 N–H and O–H groups in total. The van der Waals surface area contributed by atoms with E-state index in [1.807, 2.05) is 6.92 Å². The zero-order valence-corrected chi connectivity index (χ0v) is 16.8. The fourth-order valence-electron chi connectivity index (χ4n) is 3.51. The van der Waals surface area contributed by atoms with Crippen molar-refractivity contribution in [2.24, 2.45) is 0 Å². The van der Waals surface area contributed by atoms with Gasteiger partial charge < -0.3 is 19.8 Å². The maximum Gasteiger partial charge on any atom is 0.303 e. The van der Waals surface area contributed by atoms with E-state index in [0.717, 1.165) is 5.56 Å². The average molecular weight is 409 g/mol. The zero-order valence-electron chi connectivity index (χ0n) is 16.8. The third-order valence-corrected chi connectivity index (χ3v) is 5.09. The van der Waals surface area contributed by atoms with Crippen LogP contribution < -0.4 is 4.74 Å². The molecular formula is C23H23NO6. The van der Waals surface area contributed by atoms with Gasteiger partial charge in [0.25, 0.3) is 11.7 Å². The number of aliphatic hydroxyl groups is 1. The number of ether oxygens (including phenoxy) is 1. The number of ketones is 1. The summed E-state index contributed by atoms with van der Waals surface area (Å²) in [5.74, 6) is -2.17. The molecule has 0 radical (unpaired) electrons. The van der Waals surface area contributed by atoms with Crippen LogP contribution in [-0.4, -0.2) is 46.4 Å². The van der Waals surface area contributed by atoms with Crippen LogP contribution in [0.2, 0.25) is 0 Å². The molecule has 1 amide bonds. The molecule has 7 heteroatoms. The lowest BCUT2D eigenvalue weighted by Gasteiger charge is -2.25. The number of rotatable bonds is 7. The number of benzene rings is 2. The predicted octanol–water partition coefficient (Wildman–Crippen LogP) is 3.29. The first-order valence-corrected chi connectivity index (χ1v) is 9.54. The minimum absolute atomic E-state index is 0.00987. The summed E-state index contributed by atoms with van der Waals surface area (Å²) in [6.45, 7) is 1.99. The van der Waals surface area contributed by atoms with Crippen molar-refractivity contribution in [3.63, 3.8) is 0 Å². The van der Waals surface area contributed by atoms with Gasteiger partial charge in [-0.3, -0.25) is 14.4 Å². The first-order valence-electron chi connectivity index (χ1n) is 9.54. The summed E-state index contributed by atoms with van der Waals surface area (Å²) < 4.78 is 5.17. The van der Waals surface area contributed by atoms with Crippen LogP contribution in [-0.2, 0) is 14.4 Å². The Morgan fingerprint density at radius 2 is 1.67 bits per heavy atom. The lowest BCUT2D eigenvalue weighted by atomic mass is 9.95. The fraction of sp³-hybridized carbons (Fsp3) is 0.261. The van der Waals surface area contributed by atoms with Crippen molar-refractivity contribution < 1.29 is 29.3 Å². The maximum atomic E-state index is 12.9. The Morgan fingerprint density at radius 1 is 1.03 bits per heavy atom. The largest absolute Gasteiger partial charge is 0.507 e. The number of carbonyl (C=O) groups is 3. The molecular weight excluding hydrogens is 386 g/mol. The Labute approximate surface area is 174 Å². The summed E-state index contributed by atoms with van der Waals surface area (Å²) in [4.78, 5) is 37.8. The number of aryl methyl sites for hydroxylation is 1. The highest BCUT2D eigenvalue weighted by Gasteiger charge is 2.45. The van der Waals surface area contributed by atoms with E-state index in [1.165, 1.54) is 12.0 Å². The van der Waals surface area contributed by atoms with E-state index < -0.39 is 23.7 Å². The van der Waals surface area contributed by atoms with Crippen molar-refractivity contribution in [1.29, 1.82) is 0 Å². The smallest absolute Gasteiger partial charge is 0.303 e. The van der Waals surface area contributed by atoms with Gasteiger partial charge in [-0.15, -0.1) is 0 Å². The SMILES string of the molecule is COc1ccc([C@@H]2C(=C(O)c3ccc(C)cc3)C(=O)C(=O)N2CCCC(=O)O)cc1. The number of carboxylic acid groups (broad SMARTS) is 1. The molecule has 2 aromatic carbocycles. The number of hydrogen-bond donors (Lipinski definition) is 2. The number of methoxy groups -OCH3 is 1. The molecule has 1 atom stereocenters. The molecule has 1 aliphatic rings. The van der Waals surface area contributed by atoms with Gasteiger partial charge >= 0.3 is 5.97 Å². The first kappa shape index (κ1) is 21.1. The van der Waals surface area contributed by atoms with Crippen molar-refractivity contribution in [1.82, 2.24) is 4.90 Å². The third kappa shape index (κ3) is 4.20. The van der Waals surface area contributed by atoms with Crippen LogP contribution in [0.1, 0.15) is 35.6 Å². The van der Waals surface area contributed by atoms with Gasteiger partial charge in [-0.25, -0.2) is 0 Å². The molecule has 30 heavy (non-hydrogen) atoms. The molecule has 7 nitrogen and oxygen atoms in total. The van der Waals surface area contributed by atoms with Gasteiger partial charge in [0, 0.05) is 18.5 Å². The highest BCUT2D eigenvalue weighted by Crippen LogP contribution is 2.40. The summed E-state index contributed by atoms with van der Waals surface area (Å²) in [6, 6.07) is 13.0. The Bertz CT molecular complexity index is 991. The number of carbonyl (C=O) groups excluding carboxylic acids is 2. The second-order valence-corrected chi connectivity index (χ2v) is 7.13. The standard InChI is InChI=1S/C23H23NO6/c1-14-5-7-16(8-6-14)21(27)19-20(15-9-11-17(30-2)12-10-15)24(23(29)22(19)28)13-3-4-18(25)26/h5-12,20,27H,3-4,13H2,1-2H3,(H,25,26)/t20-/m1/s1. The van der Waals surface area contributed by atoms with E-state index in [1.54, 1.807) is 48.5 Å². The van der Waals surface area contributed by atoms with Crippen LogP contribution in [0.3, 0.4) is 0 Å². The van der Waals surface area contributed by atoms with E-state index in [0.29, 0.717) is 16.9 Å². The first-order chi connectivity index (χ1) is 14.3. The highest BCUT2D eigenvalue weighted by molar-refractivity contribution is 6.46. The maximum absolute atomic E-state index is 12.9. The number of hydrogen-bond acceptors (Lipinski definition) is 5. The van der Waals surface area contributed by atoms with E-state index in [4.69, 9.17) is 9.84 Å². The van der Waals surface area contributed by atoms with Crippen molar-refractivity contribution in [2.75, 3.05) is 13.7 Å².